The summed E-state index contributed by atoms with van der Waals surface area (Å²) < 4.78 is 0. The summed E-state index contributed by atoms with van der Waals surface area (Å²) in [6, 6.07) is 12.1. The second-order valence-electron chi connectivity index (χ2n) is 3.68. The van der Waals surface area contributed by atoms with Gasteiger partial charge in [0.15, 0.2) is 5.82 Å². The van der Waals surface area contributed by atoms with Gasteiger partial charge in [0.1, 0.15) is 12.4 Å². The Kier molecular flexibility index (Phi) is 4.05. The second kappa shape index (κ2) is 5.96. The molecule has 0 saturated heterocycles. The predicted octanol–water partition coefficient (Wildman–Crippen LogP) is 1.62. The quantitative estimate of drug-likeness (QED) is 0.818. The number of nitrogens with zero attached hydrogens (tertiary/aromatic N) is 2. The Morgan fingerprint density at radius 2 is 1.94 bits per heavy atom. The molecule has 4 nitrogen and oxygen atoms in total. The van der Waals surface area contributed by atoms with Crippen LogP contribution in [0.25, 0.3) is 0 Å². The Balaban J connectivity index is 1.86. The number of hydrogen-bond donors (Lipinski definition) is 2. The van der Waals surface area contributed by atoms with Crippen LogP contribution < -0.4 is 5.32 Å². The molecule has 0 unspecified atom stereocenters. The van der Waals surface area contributed by atoms with Crippen LogP contribution in [0, 0.1) is 0 Å². The van der Waals surface area contributed by atoms with Gasteiger partial charge in [-0.05, 0) is 18.1 Å². The van der Waals surface area contributed by atoms with Gasteiger partial charge in [-0.2, -0.15) is 0 Å². The van der Waals surface area contributed by atoms with Gasteiger partial charge in [0.05, 0.1) is 0 Å². The molecule has 0 aliphatic rings. The van der Waals surface area contributed by atoms with Gasteiger partial charge >= 0.3 is 0 Å². The zero-order valence-electron chi connectivity index (χ0n) is 9.50. The molecule has 2 aromatic rings. The van der Waals surface area contributed by atoms with Crippen LogP contribution >= 0.6 is 0 Å². The molecule has 4 heteroatoms. The molecule has 1 heterocycles. The maximum absolute atomic E-state index is 8.91. The first kappa shape index (κ1) is 11.5. The third-order valence-electron chi connectivity index (χ3n) is 2.41. The third kappa shape index (κ3) is 3.53. The van der Waals surface area contributed by atoms with Crippen molar-refractivity contribution in [1.29, 1.82) is 0 Å². The van der Waals surface area contributed by atoms with E-state index < -0.39 is 0 Å². The fourth-order valence-electron chi connectivity index (χ4n) is 1.55. The SMILES string of the molecule is OCc1nccc(NCCc2ccccc2)n1. The molecule has 0 bridgehead atoms. The lowest BCUT2D eigenvalue weighted by Gasteiger charge is -2.06. The average Bonchev–Trinajstić information content (AvgIpc) is 2.40. The minimum absolute atomic E-state index is 0.131. The zero-order valence-corrected chi connectivity index (χ0v) is 9.50. The van der Waals surface area contributed by atoms with Crippen molar-refractivity contribution in [2.45, 2.75) is 13.0 Å². The first-order valence-corrected chi connectivity index (χ1v) is 5.59. The molecule has 1 aromatic carbocycles. The minimum atomic E-state index is -0.131. The minimum Gasteiger partial charge on any atom is -0.388 e. The van der Waals surface area contributed by atoms with E-state index in [1.807, 2.05) is 18.2 Å². The fraction of sp³-hybridized carbons (Fsp3) is 0.231. The van der Waals surface area contributed by atoms with Crippen LogP contribution in [0.3, 0.4) is 0 Å². The Hall–Kier alpha value is -1.94. The second-order valence-corrected chi connectivity index (χ2v) is 3.68. The maximum Gasteiger partial charge on any atom is 0.156 e. The van der Waals surface area contributed by atoms with Gasteiger partial charge in [-0.3, -0.25) is 0 Å². The highest BCUT2D eigenvalue weighted by Gasteiger charge is 1.97. The van der Waals surface area contributed by atoms with E-state index in [2.05, 4.69) is 27.4 Å². The van der Waals surface area contributed by atoms with Gasteiger partial charge in [0, 0.05) is 12.7 Å². The average molecular weight is 229 g/mol. The van der Waals surface area contributed by atoms with E-state index in [9.17, 15) is 0 Å². The van der Waals surface area contributed by atoms with Crippen LogP contribution in [0.1, 0.15) is 11.4 Å². The highest BCUT2D eigenvalue weighted by molar-refractivity contribution is 5.33. The van der Waals surface area contributed by atoms with Crippen LogP contribution in [-0.2, 0) is 13.0 Å². The van der Waals surface area contributed by atoms with Gasteiger partial charge in [-0.25, -0.2) is 9.97 Å². The summed E-state index contributed by atoms with van der Waals surface area (Å²) in [7, 11) is 0. The lowest BCUT2D eigenvalue weighted by molar-refractivity contribution is 0.271. The number of hydrogen-bond acceptors (Lipinski definition) is 4. The lowest BCUT2D eigenvalue weighted by atomic mass is 10.1. The van der Waals surface area contributed by atoms with Crippen molar-refractivity contribution in [2.24, 2.45) is 0 Å². The molecule has 0 aliphatic carbocycles. The van der Waals surface area contributed by atoms with Gasteiger partial charge in [0.2, 0.25) is 0 Å². The normalized spacial score (nSPS) is 10.2. The van der Waals surface area contributed by atoms with Crippen molar-refractivity contribution in [1.82, 2.24) is 9.97 Å². The van der Waals surface area contributed by atoms with Crippen molar-refractivity contribution in [3.05, 3.63) is 54.0 Å². The van der Waals surface area contributed by atoms with E-state index in [0.29, 0.717) is 5.82 Å². The lowest BCUT2D eigenvalue weighted by Crippen LogP contribution is -2.07. The number of aromatic nitrogens is 2. The fourth-order valence-corrected chi connectivity index (χ4v) is 1.55. The van der Waals surface area contributed by atoms with Crippen LogP contribution in [0.15, 0.2) is 42.6 Å². The monoisotopic (exact) mass is 229 g/mol. The first-order chi connectivity index (χ1) is 8.38. The van der Waals surface area contributed by atoms with Gasteiger partial charge in [0.25, 0.3) is 0 Å². The molecule has 2 N–H and O–H groups in total. The number of anilines is 1. The Morgan fingerprint density at radius 1 is 1.12 bits per heavy atom. The summed E-state index contributed by atoms with van der Waals surface area (Å²) >= 11 is 0. The van der Waals surface area contributed by atoms with Crippen molar-refractivity contribution < 1.29 is 5.11 Å². The number of rotatable bonds is 5. The Morgan fingerprint density at radius 3 is 2.71 bits per heavy atom. The highest BCUT2D eigenvalue weighted by Crippen LogP contribution is 2.04. The van der Waals surface area contributed by atoms with Crippen molar-refractivity contribution in [2.75, 3.05) is 11.9 Å². The molecule has 1 aromatic heterocycles. The Labute approximate surface area is 100 Å². The molecule has 88 valence electrons. The van der Waals surface area contributed by atoms with Gasteiger partial charge < -0.3 is 10.4 Å². The summed E-state index contributed by atoms with van der Waals surface area (Å²) in [5.41, 5.74) is 1.29. The first-order valence-electron chi connectivity index (χ1n) is 5.59. The molecular weight excluding hydrogens is 214 g/mol. The van der Waals surface area contributed by atoms with E-state index in [-0.39, 0.29) is 6.61 Å². The highest BCUT2D eigenvalue weighted by atomic mass is 16.3. The molecular formula is C13H15N3O. The van der Waals surface area contributed by atoms with E-state index in [1.165, 1.54) is 5.56 Å². The Bertz CT molecular complexity index is 459. The standard InChI is InChI=1S/C13H15N3O/c17-10-13-15-9-7-12(16-13)14-8-6-11-4-2-1-3-5-11/h1-5,7,9,17H,6,8,10H2,(H,14,15,16). The number of aliphatic hydroxyl groups excluding tert-OH is 1. The van der Waals surface area contributed by atoms with E-state index >= 15 is 0 Å². The predicted molar refractivity (Wildman–Crippen MR) is 66.6 cm³/mol. The summed E-state index contributed by atoms with van der Waals surface area (Å²) in [5, 5.41) is 12.1. The molecule has 17 heavy (non-hydrogen) atoms. The molecule has 0 radical (unpaired) electrons. The molecule has 0 saturated carbocycles. The summed E-state index contributed by atoms with van der Waals surface area (Å²) in [6.07, 6.45) is 2.59. The van der Waals surface area contributed by atoms with E-state index in [4.69, 9.17) is 5.11 Å². The van der Waals surface area contributed by atoms with E-state index in [1.54, 1.807) is 12.3 Å². The van der Waals surface area contributed by atoms with Crippen molar-refractivity contribution in [3.8, 4) is 0 Å². The smallest absolute Gasteiger partial charge is 0.156 e. The summed E-state index contributed by atoms with van der Waals surface area (Å²) in [4.78, 5) is 8.07. The molecule has 0 fully saturated rings. The van der Waals surface area contributed by atoms with Gasteiger partial charge in [-0.1, -0.05) is 30.3 Å². The summed E-state index contributed by atoms with van der Waals surface area (Å²) in [5.74, 6) is 1.19. The molecule has 0 atom stereocenters. The molecule has 0 amide bonds. The number of aliphatic hydroxyl groups is 1. The zero-order chi connectivity index (χ0) is 11.9. The number of nitrogens with one attached hydrogen (secondary N) is 1. The topological polar surface area (TPSA) is 58.0 Å². The van der Waals surface area contributed by atoms with Crippen LogP contribution in [0.2, 0.25) is 0 Å². The molecule has 0 aliphatic heterocycles. The van der Waals surface area contributed by atoms with Crippen molar-refractivity contribution >= 4 is 5.82 Å². The molecule has 2 rings (SSSR count). The van der Waals surface area contributed by atoms with Crippen LogP contribution in [0.4, 0.5) is 5.82 Å². The van der Waals surface area contributed by atoms with Crippen LogP contribution in [-0.4, -0.2) is 21.6 Å². The van der Waals surface area contributed by atoms with Crippen molar-refractivity contribution in [3.63, 3.8) is 0 Å². The van der Waals surface area contributed by atoms with E-state index in [0.717, 1.165) is 18.8 Å². The number of benzene rings is 1. The maximum atomic E-state index is 8.91. The largest absolute Gasteiger partial charge is 0.388 e. The summed E-state index contributed by atoms with van der Waals surface area (Å²) in [6.45, 7) is 0.681. The molecule has 0 spiro atoms. The third-order valence-corrected chi connectivity index (χ3v) is 2.41. The van der Waals surface area contributed by atoms with Gasteiger partial charge in [-0.15, -0.1) is 0 Å². The van der Waals surface area contributed by atoms with Crippen LogP contribution in [0.5, 0.6) is 0 Å².